The average Bonchev–Trinajstić information content (AvgIpc) is 2.75. The third-order valence-corrected chi connectivity index (χ3v) is 4.12. The molecule has 0 aromatic heterocycles. The number of rotatable bonds is 3. The minimum Gasteiger partial charge on any atom is -0.326 e. The summed E-state index contributed by atoms with van der Waals surface area (Å²) in [5.74, 6) is 0.966. The van der Waals surface area contributed by atoms with E-state index in [-0.39, 0.29) is 0 Å². The molecule has 2 saturated carbocycles. The largest absolute Gasteiger partial charge is 0.326 e. The van der Waals surface area contributed by atoms with Crippen molar-refractivity contribution in [2.75, 3.05) is 13.6 Å². The Labute approximate surface area is 87.8 Å². The van der Waals surface area contributed by atoms with Gasteiger partial charge in [-0.15, -0.1) is 0 Å². The van der Waals surface area contributed by atoms with E-state index in [2.05, 4.69) is 11.9 Å². The van der Waals surface area contributed by atoms with Crippen LogP contribution in [0.25, 0.3) is 0 Å². The second-order valence-corrected chi connectivity index (χ2v) is 5.25. The Balaban J connectivity index is 1.78. The van der Waals surface area contributed by atoms with Gasteiger partial charge in [0, 0.05) is 18.6 Å². The Morgan fingerprint density at radius 3 is 2.36 bits per heavy atom. The van der Waals surface area contributed by atoms with Gasteiger partial charge in [0.2, 0.25) is 0 Å². The molecule has 0 radical (unpaired) electrons. The van der Waals surface area contributed by atoms with Gasteiger partial charge in [-0.1, -0.05) is 19.3 Å². The predicted molar refractivity (Wildman–Crippen MR) is 60.2 cm³/mol. The molecule has 0 heterocycles. The van der Waals surface area contributed by atoms with Crippen molar-refractivity contribution in [1.29, 1.82) is 0 Å². The molecule has 2 atom stereocenters. The maximum Gasteiger partial charge on any atom is 0.0244 e. The lowest BCUT2D eigenvalue weighted by Crippen LogP contribution is -2.43. The van der Waals surface area contributed by atoms with Crippen molar-refractivity contribution in [2.24, 2.45) is 11.7 Å². The third kappa shape index (κ3) is 2.29. The minimum atomic E-state index is 0.446. The Kier molecular flexibility index (Phi) is 3.45. The standard InChI is InChI=1S/C12H24N2/c1-14(9-10-5-2-3-6-10)12-8-4-7-11(12)13/h10-12H,2-9,13H2,1H3. The lowest BCUT2D eigenvalue weighted by molar-refractivity contribution is 0.196. The molecule has 14 heavy (non-hydrogen) atoms. The van der Waals surface area contributed by atoms with E-state index in [4.69, 9.17) is 5.73 Å². The van der Waals surface area contributed by atoms with Gasteiger partial charge in [0.05, 0.1) is 0 Å². The van der Waals surface area contributed by atoms with Crippen LogP contribution in [0.15, 0.2) is 0 Å². The zero-order chi connectivity index (χ0) is 9.97. The molecule has 2 rings (SSSR count). The number of nitrogens with two attached hydrogens (primary N) is 1. The second kappa shape index (κ2) is 4.63. The van der Waals surface area contributed by atoms with Gasteiger partial charge in [0.25, 0.3) is 0 Å². The molecule has 2 N–H and O–H groups in total. The quantitative estimate of drug-likeness (QED) is 0.748. The Hall–Kier alpha value is -0.0800. The first-order chi connectivity index (χ1) is 6.77. The highest BCUT2D eigenvalue weighted by molar-refractivity contribution is 4.87. The molecule has 0 saturated heterocycles. The highest BCUT2D eigenvalue weighted by atomic mass is 15.2. The molecule has 2 aliphatic carbocycles. The highest BCUT2D eigenvalue weighted by Gasteiger charge is 2.29. The summed E-state index contributed by atoms with van der Waals surface area (Å²) in [4.78, 5) is 2.54. The van der Waals surface area contributed by atoms with E-state index in [0.29, 0.717) is 12.1 Å². The predicted octanol–water partition coefficient (Wildman–Crippen LogP) is 1.99. The maximum atomic E-state index is 6.11. The lowest BCUT2D eigenvalue weighted by atomic mass is 10.1. The van der Waals surface area contributed by atoms with Crippen LogP contribution in [-0.4, -0.2) is 30.6 Å². The first kappa shape index (κ1) is 10.4. The van der Waals surface area contributed by atoms with E-state index < -0.39 is 0 Å². The van der Waals surface area contributed by atoms with Crippen LogP contribution >= 0.6 is 0 Å². The van der Waals surface area contributed by atoms with Gasteiger partial charge in [0.1, 0.15) is 0 Å². The van der Waals surface area contributed by atoms with Crippen molar-refractivity contribution < 1.29 is 0 Å². The van der Waals surface area contributed by atoms with Crippen molar-refractivity contribution in [2.45, 2.75) is 57.0 Å². The van der Waals surface area contributed by atoms with Gasteiger partial charge in [-0.3, -0.25) is 0 Å². The van der Waals surface area contributed by atoms with Crippen LogP contribution in [-0.2, 0) is 0 Å². The zero-order valence-corrected chi connectivity index (χ0v) is 9.41. The summed E-state index contributed by atoms with van der Waals surface area (Å²) in [5, 5.41) is 0. The van der Waals surface area contributed by atoms with E-state index in [1.165, 1.54) is 51.5 Å². The van der Waals surface area contributed by atoms with Crippen LogP contribution in [0.3, 0.4) is 0 Å². The molecule has 2 unspecified atom stereocenters. The molecule has 0 aromatic rings. The molecular weight excluding hydrogens is 172 g/mol. The summed E-state index contributed by atoms with van der Waals surface area (Å²) in [6, 6.07) is 1.12. The molecule has 2 heteroatoms. The van der Waals surface area contributed by atoms with Crippen molar-refractivity contribution >= 4 is 0 Å². The van der Waals surface area contributed by atoms with E-state index in [0.717, 1.165) is 5.92 Å². The molecule has 0 bridgehead atoms. The molecule has 2 nitrogen and oxygen atoms in total. The molecule has 82 valence electrons. The summed E-state index contributed by atoms with van der Waals surface area (Å²) in [6.45, 7) is 1.29. The monoisotopic (exact) mass is 196 g/mol. The van der Waals surface area contributed by atoms with Crippen LogP contribution in [0, 0.1) is 5.92 Å². The summed E-state index contributed by atoms with van der Waals surface area (Å²) >= 11 is 0. The smallest absolute Gasteiger partial charge is 0.0244 e. The topological polar surface area (TPSA) is 29.3 Å². The van der Waals surface area contributed by atoms with Crippen molar-refractivity contribution in [3.8, 4) is 0 Å². The maximum absolute atomic E-state index is 6.11. The van der Waals surface area contributed by atoms with Gasteiger partial charge in [-0.25, -0.2) is 0 Å². The normalized spacial score (nSPS) is 34.5. The van der Waals surface area contributed by atoms with Gasteiger partial charge >= 0.3 is 0 Å². The molecule has 0 spiro atoms. The molecule has 0 amide bonds. The lowest BCUT2D eigenvalue weighted by Gasteiger charge is -2.29. The van der Waals surface area contributed by atoms with E-state index in [9.17, 15) is 0 Å². The fourth-order valence-corrected chi connectivity index (χ4v) is 3.25. The summed E-state index contributed by atoms with van der Waals surface area (Å²) in [5.41, 5.74) is 6.11. The fraction of sp³-hybridized carbons (Fsp3) is 1.00. The SMILES string of the molecule is CN(CC1CCCC1)C1CCCC1N. The Morgan fingerprint density at radius 1 is 1.07 bits per heavy atom. The van der Waals surface area contributed by atoms with E-state index in [1.54, 1.807) is 0 Å². The van der Waals surface area contributed by atoms with Crippen LogP contribution in [0.5, 0.6) is 0 Å². The van der Waals surface area contributed by atoms with Crippen LogP contribution in [0.2, 0.25) is 0 Å². The van der Waals surface area contributed by atoms with Crippen LogP contribution in [0.4, 0.5) is 0 Å². The Morgan fingerprint density at radius 2 is 1.79 bits per heavy atom. The van der Waals surface area contributed by atoms with E-state index in [1.807, 2.05) is 0 Å². The van der Waals surface area contributed by atoms with Gasteiger partial charge in [-0.05, 0) is 38.6 Å². The summed E-state index contributed by atoms with van der Waals surface area (Å²) < 4.78 is 0. The average molecular weight is 196 g/mol. The summed E-state index contributed by atoms with van der Waals surface area (Å²) in [7, 11) is 2.27. The van der Waals surface area contributed by atoms with Gasteiger partial charge in [0.15, 0.2) is 0 Å². The first-order valence-electron chi connectivity index (χ1n) is 6.23. The molecule has 0 aliphatic heterocycles. The first-order valence-corrected chi connectivity index (χ1v) is 6.23. The number of hydrogen-bond donors (Lipinski definition) is 1. The van der Waals surface area contributed by atoms with Crippen molar-refractivity contribution in [3.05, 3.63) is 0 Å². The van der Waals surface area contributed by atoms with Gasteiger partial charge < -0.3 is 10.6 Å². The third-order valence-electron chi connectivity index (χ3n) is 4.12. The molecular formula is C12H24N2. The minimum absolute atomic E-state index is 0.446. The fourth-order valence-electron chi connectivity index (χ4n) is 3.25. The zero-order valence-electron chi connectivity index (χ0n) is 9.41. The number of hydrogen-bond acceptors (Lipinski definition) is 2. The number of nitrogens with zero attached hydrogens (tertiary/aromatic N) is 1. The highest BCUT2D eigenvalue weighted by Crippen LogP contribution is 2.28. The van der Waals surface area contributed by atoms with Crippen LogP contribution in [0.1, 0.15) is 44.9 Å². The second-order valence-electron chi connectivity index (χ2n) is 5.25. The van der Waals surface area contributed by atoms with Gasteiger partial charge in [-0.2, -0.15) is 0 Å². The van der Waals surface area contributed by atoms with Crippen molar-refractivity contribution in [1.82, 2.24) is 4.90 Å². The summed E-state index contributed by atoms with van der Waals surface area (Å²) in [6.07, 6.45) is 9.70. The molecule has 2 fully saturated rings. The van der Waals surface area contributed by atoms with E-state index >= 15 is 0 Å². The number of likely N-dealkylation sites (N-methyl/N-ethyl adjacent to an activating group) is 1. The van der Waals surface area contributed by atoms with Crippen molar-refractivity contribution in [3.63, 3.8) is 0 Å². The molecule has 2 aliphatic rings. The Bertz CT molecular complexity index is 175. The molecule has 0 aromatic carbocycles. The van der Waals surface area contributed by atoms with Crippen LogP contribution < -0.4 is 5.73 Å².